The summed E-state index contributed by atoms with van der Waals surface area (Å²) in [7, 11) is 0. The summed E-state index contributed by atoms with van der Waals surface area (Å²) < 4.78 is 0. The van der Waals surface area contributed by atoms with Crippen LogP contribution < -0.4 is 5.32 Å². The third-order valence-electron chi connectivity index (χ3n) is 2.60. The maximum atomic E-state index is 11.3. The Kier molecular flexibility index (Phi) is 4.53. The Balaban J connectivity index is 2.93. The van der Waals surface area contributed by atoms with Crippen molar-refractivity contribution in [1.82, 2.24) is 5.32 Å². The number of benzene rings is 1. The summed E-state index contributed by atoms with van der Waals surface area (Å²) in [6.45, 7) is 1.86. The standard InChI is InChI=1S/C11H14N4O3/c1-11(10(17)18,13-5-6-14-15-12)8-3-2-4-9(16)7-8/h2-4,7,13,16H,5-6H2,1H3,(H,17,18). The molecule has 0 radical (unpaired) electrons. The lowest BCUT2D eigenvalue weighted by Gasteiger charge is -2.26. The monoisotopic (exact) mass is 250 g/mol. The second kappa shape index (κ2) is 5.90. The molecule has 0 aliphatic rings. The molecular weight excluding hydrogens is 236 g/mol. The molecule has 1 aromatic carbocycles. The van der Waals surface area contributed by atoms with Crippen LogP contribution >= 0.6 is 0 Å². The molecule has 0 aliphatic heterocycles. The Morgan fingerprint density at radius 3 is 2.89 bits per heavy atom. The van der Waals surface area contributed by atoms with Crippen molar-refractivity contribution in [3.8, 4) is 5.75 Å². The lowest BCUT2D eigenvalue weighted by Crippen LogP contribution is -2.47. The van der Waals surface area contributed by atoms with E-state index in [-0.39, 0.29) is 18.8 Å². The van der Waals surface area contributed by atoms with Gasteiger partial charge in [0.25, 0.3) is 0 Å². The summed E-state index contributed by atoms with van der Waals surface area (Å²) in [5.41, 5.74) is 7.22. The highest BCUT2D eigenvalue weighted by Gasteiger charge is 2.34. The fraction of sp³-hybridized carbons (Fsp3) is 0.364. The number of phenolic OH excluding ortho intramolecular Hbond substituents is 1. The van der Waals surface area contributed by atoms with Crippen LogP contribution in [0.1, 0.15) is 12.5 Å². The van der Waals surface area contributed by atoms with Gasteiger partial charge in [-0.2, -0.15) is 0 Å². The summed E-state index contributed by atoms with van der Waals surface area (Å²) in [5.74, 6) is -1.08. The van der Waals surface area contributed by atoms with E-state index in [1.807, 2.05) is 0 Å². The van der Waals surface area contributed by atoms with Crippen LogP contribution in [0.5, 0.6) is 5.75 Å². The van der Waals surface area contributed by atoms with Gasteiger partial charge in [0.1, 0.15) is 11.3 Å². The fourth-order valence-electron chi connectivity index (χ4n) is 1.52. The zero-order chi connectivity index (χ0) is 13.6. The third kappa shape index (κ3) is 3.13. The number of aromatic hydroxyl groups is 1. The van der Waals surface area contributed by atoms with E-state index >= 15 is 0 Å². The van der Waals surface area contributed by atoms with Gasteiger partial charge in [-0.15, -0.1) is 0 Å². The zero-order valence-electron chi connectivity index (χ0n) is 9.87. The van der Waals surface area contributed by atoms with Crippen molar-refractivity contribution in [2.45, 2.75) is 12.5 Å². The number of phenols is 1. The molecular formula is C11H14N4O3. The minimum absolute atomic E-state index is 0.00294. The summed E-state index contributed by atoms with van der Waals surface area (Å²) >= 11 is 0. The quantitative estimate of drug-likeness (QED) is 0.307. The lowest BCUT2D eigenvalue weighted by atomic mass is 9.92. The molecule has 0 bridgehead atoms. The molecule has 1 unspecified atom stereocenters. The predicted molar refractivity (Wildman–Crippen MR) is 65.1 cm³/mol. The largest absolute Gasteiger partial charge is 0.508 e. The zero-order valence-corrected chi connectivity index (χ0v) is 9.87. The van der Waals surface area contributed by atoms with Crippen LogP contribution in [0.2, 0.25) is 0 Å². The second-order valence-electron chi connectivity index (χ2n) is 3.86. The first-order valence-electron chi connectivity index (χ1n) is 5.29. The fourth-order valence-corrected chi connectivity index (χ4v) is 1.52. The van der Waals surface area contributed by atoms with E-state index in [1.54, 1.807) is 12.1 Å². The van der Waals surface area contributed by atoms with Crippen LogP contribution in [-0.2, 0) is 10.3 Å². The van der Waals surface area contributed by atoms with Gasteiger partial charge in [0, 0.05) is 18.0 Å². The molecule has 0 amide bonds. The Morgan fingerprint density at radius 2 is 2.33 bits per heavy atom. The number of carboxylic acid groups (broad SMARTS) is 1. The number of hydrogen-bond donors (Lipinski definition) is 3. The number of nitrogens with one attached hydrogen (secondary N) is 1. The topological polar surface area (TPSA) is 118 Å². The van der Waals surface area contributed by atoms with Crippen molar-refractivity contribution in [1.29, 1.82) is 0 Å². The van der Waals surface area contributed by atoms with E-state index in [0.717, 1.165) is 0 Å². The van der Waals surface area contributed by atoms with Gasteiger partial charge in [0.15, 0.2) is 0 Å². The number of rotatable bonds is 6. The van der Waals surface area contributed by atoms with E-state index < -0.39 is 11.5 Å². The van der Waals surface area contributed by atoms with Gasteiger partial charge < -0.3 is 10.2 Å². The van der Waals surface area contributed by atoms with Gasteiger partial charge in [-0.25, -0.2) is 4.79 Å². The van der Waals surface area contributed by atoms with E-state index in [1.165, 1.54) is 19.1 Å². The van der Waals surface area contributed by atoms with E-state index in [2.05, 4.69) is 15.3 Å². The van der Waals surface area contributed by atoms with Crippen LogP contribution in [-0.4, -0.2) is 29.3 Å². The molecule has 96 valence electrons. The highest BCUT2D eigenvalue weighted by molar-refractivity contribution is 5.80. The van der Waals surface area contributed by atoms with Gasteiger partial charge in [-0.1, -0.05) is 17.2 Å². The number of carbonyl (C=O) groups is 1. The molecule has 1 atom stereocenters. The molecule has 0 fully saturated rings. The smallest absolute Gasteiger partial charge is 0.328 e. The molecule has 0 spiro atoms. The number of hydrogen-bond acceptors (Lipinski definition) is 4. The van der Waals surface area contributed by atoms with Gasteiger partial charge in [-0.05, 0) is 30.2 Å². The van der Waals surface area contributed by atoms with Gasteiger partial charge in [0.05, 0.1) is 0 Å². The van der Waals surface area contributed by atoms with Crippen molar-refractivity contribution < 1.29 is 15.0 Å². The normalized spacial score (nSPS) is 13.4. The van der Waals surface area contributed by atoms with Crippen LogP contribution in [0.4, 0.5) is 0 Å². The van der Waals surface area contributed by atoms with Crippen molar-refractivity contribution in [2.24, 2.45) is 5.11 Å². The van der Waals surface area contributed by atoms with Crippen molar-refractivity contribution in [2.75, 3.05) is 13.1 Å². The van der Waals surface area contributed by atoms with E-state index in [4.69, 9.17) is 5.53 Å². The minimum atomic E-state index is -1.34. The lowest BCUT2D eigenvalue weighted by molar-refractivity contribution is -0.144. The van der Waals surface area contributed by atoms with Crippen LogP contribution in [0, 0.1) is 0 Å². The number of carboxylic acids is 1. The molecule has 7 nitrogen and oxygen atoms in total. The molecule has 0 aromatic heterocycles. The first kappa shape index (κ1) is 13.8. The molecule has 18 heavy (non-hydrogen) atoms. The summed E-state index contributed by atoms with van der Waals surface area (Å²) in [6, 6.07) is 6.02. The molecule has 1 aromatic rings. The maximum Gasteiger partial charge on any atom is 0.328 e. The highest BCUT2D eigenvalue weighted by atomic mass is 16.4. The molecule has 7 heteroatoms. The Hall–Kier alpha value is -2.24. The molecule has 0 saturated heterocycles. The molecule has 1 rings (SSSR count). The average Bonchev–Trinajstić information content (AvgIpc) is 2.34. The van der Waals surface area contributed by atoms with Crippen molar-refractivity contribution in [3.05, 3.63) is 40.3 Å². The molecule has 0 heterocycles. The summed E-state index contributed by atoms with van der Waals surface area (Å²) in [6.07, 6.45) is 0. The maximum absolute atomic E-state index is 11.3. The summed E-state index contributed by atoms with van der Waals surface area (Å²) in [4.78, 5) is 13.9. The SMILES string of the molecule is CC(NCCN=[N+]=[N-])(C(=O)O)c1cccc(O)c1. The highest BCUT2D eigenvalue weighted by Crippen LogP contribution is 2.24. The van der Waals surface area contributed by atoms with Gasteiger partial charge in [0.2, 0.25) is 0 Å². The first-order valence-corrected chi connectivity index (χ1v) is 5.29. The Bertz CT molecular complexity index is 485. The van der Waals surface area contributed by atoms with Gasteiger partial charge >= 0.3 is 5.97 Å². The third-order valence-corrected chi connectivity index (χ3v) is 2.60. The first-order chi connectivity index (χ1) is 8.50. The summed E-state index contributed by atoms with van der Waals surface area (Å²) in [5, 5.41) is 24.8. The number of aliphatic carboxylic acids is 1. The van der Waals surface area contributed by atoms with Crippen molar-refractivity contribution >= 4 is 5.97 Å². The average molecular weight is 250 g/mol. The van der Waals surface area contributed by atoms with Crippen LogP contribution in [0.25, 0.3) is 10.4 Å². The van der Waals surface area contributed by atoms with Crippen LogP contribution in [0.3, 0.4) is 0 Å². The predicted octanol–water partition coefficient (Wildman–Crippen LogP) is 1.59. The van der Waals surface area contributed by atoms with Crippen molar-refractivity contribution in [3.63, 3.8) is 0 Å². The van der Waals surface area contributed by atoms with E-state index in [9.17, 15) is 15.0 Å². The second-order valence-corrected chi connectivity index (χ2v) is 3.86. The Labute approximate surface area is 104 Å². The Morgan fingerprint density at radius 1 is 1.61 bits per heavy atom. The number of azide groups is 1. The van der Waals surface area contributed by atoms with Gasteiger partial charge in [-0.3, -0.25) is 5.32 Å². The van der Waals surface area contributed by atoms with Crippen LogP contribution in [0.15, 0.2) is 29.4 Å². The molecule has 3 N–H and O–H groups in total. The molecule has 0 saturated carbocycles. The molecule has 0 aliphatic carbocycles. The number of nitrogens with zero attached hydrogens (tertiary/aromatic N) is 3. The minimum Gasteiger partial charge on any atom is -0.508 e. The van der Waals surface area contributed by atoms with E-state index in [0.29, 0.717) is 5.56 Å².